The molecular weight excluding hydrogens is 364 g/mol. The smallest absolute Gasteiger partial charge is 0.269 e. The first-order valence-corrected chi connectivity index (χ1v) is 9.62. The highest BCUT2D eigenvalue weighted by atomic mass is 32.1. The fourth-order valence-corrected chi connectivity index (χ4v) is 4.14. The fraction of sp³-hybridized carbons (Fsp3) is 0.300. The molecule has 0 bridgehead atoms. The highest BCUT2D eigenvalue weighted by Gasteiger charge is 2.22. The summed E-state index contributed by atoms with van der Waals surface area (Å²) in [5, 5.41) is 3.63. The van der Waals surface area contributed by atoms with Crippen LogP contribution in [0.5, 0.6) is 11.5 Å². The first-order chi connectivity index (χ1) is 13.0. The molecule has 0 aliphatic carbocycles. The van der Waals surface area contributed by atoms with E-state index in [1.54, 1.807) is 13.0 Å². The van der Waals surface area contributed by atoms with Crippen LogP contribution in [0.3, 0.4) is 0 Å². The molecule has 140 valence electrons. The van der Waals surface area contributed by atoms with Gasteiger partial charge >= 0.3 is 0 Å². The van der Waals surface area contributed by atoms with Gasteiger partial charge < -0.3 is 14.8 Å². The molecule has 1 aromatic heterocycles. The molecule has 0 fully saturated rings. The van der Waals surface area contributed by atoms with Gasteiger partial charge in [0.25, 0.3) is 5.56 Å². The van der Waals surface area contributed by atoms with E-state index in [9.17, 15) is 9.59 Å². The number of carbonyl (C=O) groups excluding carboxylic acids is 1. The van der Waals surface area contributed by atoms with Crippen LogP contribution >= 0.6 is 11.5 Å². The van der Waals surface area contributed by atoms with Crippen molar-refractivity contribution in [3.63, 3.8) is 0 Å². The molecule has 6 nitrogen and oxygen atoms in total. The Bertz CT molecular complexity index is 1060. The van der Waals surface area contributed by atoms with E-state index in [0.717, 1.165) is 10.3 Å². The average molecular weight is 384 g/mol. The van der Waals surface area contributed by atoms with E-state index in [-0.39, 0.29) is 17.5 Å². The molecule has 2 atom stereocenters. The maximum atomic E-state index is 12.7. The van der Waals surface area contributed by atoms with Crippen LogP contribution in [0.15, 0.2) is 47.3 Å². The third-order valence-corrected chi connectivity index (χ3v) is 5.90. The van der Waals surface area contributed by atoms with Gasteiger partial charge in [-0.3, -0.25) is 13.5 Å². The quantitative estimate of drug-likeness (QED) is 0.750. The Balaban J connectivity index is 1.52. The third kappa shape index (κ3) is 3.30. The predicted octanol–water partition coefficient (Wildman–Crippen LogP) is 3.27. The summed E-state index contributed by atoms with van der Waals surface area (Å²) in [5.41, 5.74) is 0.786. The molecule has 27 heavy (non-hydrogen) atoms. The first-order valence-electron chi connectivity index (χ1n) is 8.85. The number of ether oxygens (including phenoxy) is 2. The van der Waals surface area contributed by atoms with Gasteiger partial charge in [-0.15, -0.1) is 0 Å². The van der Waals surface area contributed by atoms with Crippen LogP contribution < -0.4 is 20.3 Å². The molecule has 0 spiro atoms. The Labute approximate surface area is 160 Å². The molecule has 0 saturated carbocycles. The maximum absolute atomic E-state index is 12.7. The van der Waals surface area contributed by atoms with Crippen molar-refractivity contribution in [2.75, 3.05) is 13.2 Å². The highest BCUT2D eigenvalue weighted by Crippen LogP contribution is 2.32. The Morgan fingerprint density at radius 3 is 2.63 bits per heavy atom. The van der Waals surface area contributed by atoms with E-state index >= 15 is 0 Å². The SMILES string of the molecule is C[C@H](C(=O)N[C@H](C)c1ccc2c(c1)OCCO2)n1sc2ccccc2c1=O. The summed E-state index contributed by atoms with van der Waals surface area (Å²) >= 11 is 1.31. The predicted molar refractivity (Wildman–Crippen MR) is 105 cm³/mol. The molecule has 7 heteroatoms. The lowest BCUT2D eigenvalue weighted by molar-refractivity contribution is -0.124. The standard InChI is InChI=1S/C20H20N2O4S/c1-12(14-7-8-16-17(11-14)26-10-9-25-16)21-19(23)13(2)22-20(24)15-5-3-4-6-18(15)27-22/h3-8,11-13H,9-10H2,1-2H3,(H,21,23)/t12-,13-/m1/s1. The molecule has 1 aliphatic rings. The van der Waals surface area contributed by atoms with Gasteiger partial charge in [-0.2, -0.15) is 0 Å². The molecule has 0 radical (unpaired) electrons. The fourth-order valence-electron chi connectivity index (χ4n) is 3.10. The summed E-state index contributed by atoms with van der Waals surface area (Å²) in [6.07, 6.45) is 0. The van der Waals surface area contributed by atoms with E-state index in [1.807, 2.05) is 43.3 Å². The van der Waals surface area contributed by atoms with Gasteiger partial charge in [-0.05, 0) is 43.7 Å². The summed E-state index contributed by atoms with van der Waals surface area (Å²) in [4.78, 5) is 25.3. The minimum atomic E-state index is -0.588. The normalized spacial score (nSPS) is 15.3. The Hall–Kier alpha value is -2.80. The van der Waals surface area contributed by atoms with Crippen molar-refractivity contribution in [2.24, 2.45) is 0 Å². The molecule has 1 aliphatic heterocycles. The van der Waals surface area contributed by atoms with E-state index in [1.165, 1.54) is 15.5 Å². The lowest BCUT2D eigenvalue weighted by Gasteiger charge is -2.22. The molecule has 1 amide bonds. The van der Waals surface area contributed by atoms with Gasteiger partial charge in [0.1, 0.15) is 19.3 Å². The number of fused-ring (bicyclic) bond motifs is 2. The Kier molecular flexibility index (Phi) is 4.61. The van der Waals surface area contributed by atoms with Crippen LogP contribution in [0, 0.1) is 0 Å². The second-order valence-corrected chi connectivity index (χ2v) is 7.54. The summed E-state index contributed by atoms with van der Waals surface area (Å²) in [6, 6.07) is 12.2. The van der Waals surface area contributed by atoms with E-state index < -0.39 is 6.04 Å². The van der Waals surface area contributed by atoms with Gasteiger partial charge in [-0.25, -0.2) is 0 Å². The van der Waals surface area contributed by atoms with Gasteiger partial charge in [0, 0.05) is 0 Å². The molecule has 3 aromatic rings. The average Bonchev–Trinajstić information content (AvgIpc) is 3.03. The van der Waals surface area contributed by atoms with E-state index in [4.69, 9.17) is 9.47 Å². The minimum absolute atomic E-state index is 0.134. The van der Waals surface area contributed by atoms with Crippen molar-refractivity contribution in [3.05, 3.63) is 58.4 Å². The second kappa shape index (κ2) is 7.08. The number of hydrogen-bond acceptors (Lipinski definition) is 5. The monoisotopic (exact) mass is 384 g/mol. The number of rotatable bonds is 4. The van der Waals surface area contributed by atoms with Gasteiger partial charge in [0.15, 0.2) is 11.5 Å². The zero-order valence-electron chi connectivity index (χ0n) is 15.1. The number of amides is 1. The van der Waals surface area contributed by atoms with Crippen molar-refractivity contribution < 1.29 is 14.3 Å². The summed E-state index contributed by atoms with van der Waals surface area (Å²) in [6.45, 7) is 4.70. The Morgan fingerprint density at radius 1 is 1.11 bits per heavy atom. The molecule has 2 aromatic carbocycles. The van der Waals surface area contributed by atoms with Crippen LogP contribution in [0.2, 0.25) is 0 Å². The molecule has 0 saturated heterocycles. The molecule has 1 N–H and O–H groups in total. The van der Waals surface area contributed by atoms with Crippen molar-refractivity contribution >= 4 is 27.5 Å². The van der Waals surface area contributed by atoms with Crippen LogP contribution in [0.25, 0.3) is 10.1 Å². The van der Waals surface area contributed by atoms with Crippen molar-refractivity contribution in [1.29, 1.82) is 0 Å². The molecule has 2 heterocycles. The topological polar surface area (TPSA) is 69.6 Å². The highest BCUT2D eigenvalue weighted by molar-refractivity contribution is 7.14. The number of hydrogen-bond donors (Lipinski definition) is 1. The zero-order valence-corrected chi connectivity index (χ0v) is 15.9. The van der Waals surface area contributed by atoms with Gasteiger partial charge in [0.05, 0.1) is 16.1 Å². The van der Waals surface area contributed by atoms with Crippen LogP contribution in [-0.2, 0) is 4.79 Å². The van der Waals surface area contributed by atoms with Crippen molar-refractivity contribution in [1.82, 2.24) is 9.27 Å². The van der Waals surface area contributed by atoms with Crippen LogP contribution in [0.4, 0.5) is 0 Å². The summed E-state index contributed by atoms with van der Waals surface area (Å²) in [7, 11) is 0. The van der Waals surface area contributed by atoms with Crippen molar-refractivity contribution in [3.8, 4) is 11.5 Å². The number of nitrogens with zero attached hydrogens (tertiary/aromatic N) is 1. The third-order valence-electron chi connectivity index (χ3n) is 4.67. The lowest BCUT2D eigenvalue weighted by atomic mass is 10.1. The number of aromatic nitrogens is 1. The molecule has 4 rings (SSSR count). The zero-order chi connectivity index (χ0) is 19.0. The summed E-state index contributed by atoms with van der Waals surface area (Å²) < 4.78 is 13.5. The molecular formula is C20H20N2O4S. The van der Waals surface area contributed by atoms with Crippen LogP contribution in [0.1, 0.15) is 31.5 Å². The lowest BCUT2D eigenvalue weighted by Crippen LogP contribution is -2.35. The largest absolute Gasteiger partial charge is 0.486 e. The van der Waals surface area contributed by atoms with E-state index in [2.05, 4.69) is 5.32 Å². The van der Waals surface area contributed by atoms with Crippen LogP contribution in [-0.4, -0.2) is 23.1 Å². The maximum Gasteiger partial charge on any atom is 0.269 e. The molecule has 0 unspecified atom stereocenters. The van der Waals surface area contributed by atoms with Gasteiger partial charge in [0.2, 0.25) is 5.91 Å². The van der Waals surface area contributed by atoms with Gasteiger partial charge in [-0.1, -0.05) is 29.7 Å². The number of nitrogens with one attached hydrogen (secondary N) is 1. The number of benzene rings is 2. The van der Waals surface area contributed by atoms with Crippen molar-refractivity contribution in [2.45, 2.75) is 25.9 Å². The minimum Gasteiger partial charge on any atom is -0.486 e. The van der Waals surface area contributed by atoms with E-state index in [0.29, 0.717) is 30.1 Å². The number of carbonyl (C=O) groups is 1. The Morgan fingerprint density at radius 2 is 1.85 bits per heavy atom. The first kappa shape index (κ1) is 17.6. The summed E-state index contributed by atoms with van der Waals surface area (Å²) in [5.74, 6) is 1.20. The second-order valence-electron chi connectivity index (χ2n) is 6.53.